The molecule has 1 saturated carbocycles. The molecule has 1 heterocycles. The van der Waals surface area contributed by atoms with Gasteiger partial charge in [0.05, 0.1) is 18.1 Å². The highest BCUT2D eigenvalue weighted by Gasteiger charge is 2.37. The second-order valence-electron chi connectivity index (χ2n) is 6.04. The molecule has 3 rings (SSSR count). The highest BCUT2D eigenvalue weighted by Crippen LogP contribution is 2.42. The van der Waals surface area contributed by atoms with Gasteiger partial charge in [0.1, 0.15) is 5.25 Å². The summed E-state index contributed by atoms with van der Waals surface area (Å²) >= 11 is 3.44. The van der Waals surface area contributed by atoms with Crippen LogP contribution in [0.2, 0.25) is 0 Å². The lowest BCUT2D eigenvalue weighted by atomic mass is 9.79. The Balaban J connectivity index is 1.96. The summed E-state index contributed by atoms with van der Waals surface area (Å²) in [6, 6.07) is 5.61. The molecule has 2 fully saturated rings. The number of hydrogen-bond donors (Lipinski definition) is 1. The van der Waals surface area contributed by atoms with E-state index >= 15 is 0 Å². The normalized spacial score (nSPS) is 22.2. The van der Waals surface area contributed by atoms with E-state index < -0.39 is 15.1 Å². The van der Waals surface area contributed by atoms with Gasteiger partial charge in [0, 0.05) is 16.4 Å². The lowest BCUT2D eigenvalue weighted by Gasteiger charge is -2.29. The Labute approximate surface area is 134 Å². The van der Waals surface area contributed by atoms with Crippen molar-refractivity contribution in [3.05, 3.63) is 28.2 Å². The van der Waals surface area contributed by atoms with E-state index in [1.807, 2.05) is 12.1 Å². The van der Waals surface area contributed by atoms with Crippen molar-refractivity contribution in [3.63, 3.8) is 0 Å². The smallest absolute Gasteiger partial charge is 0.186 e. The zero-order valence-electron chi connectivity index (χ0n) is 11.8. The number of nitrogens with two attached hydrogens (primary N) is 1. The summed E-state index contributed by atoms with van der Waals surface area (Å²) in [5, 5.41) is -0.408. The summed E-state index contributed by atoms with van der Waals surface area (Å²) in [7, 11) is -3.30. The molecule has 1 aliphatic carbocycles. The molecule has 1 aliphatic heterocycles. The summed E-state index contributed by atoms with van der Waals surface area (Å²) in [6.45, 7) is 1.20. The van der Waals surface area contributed by atoms with Gasteiger partial charge in [-0.3, -0.25) is 0 Å². The molecule has 2 aliphatic rings. The first-order valence-electron chi connectivity index (χ1n) is 7.31. The lowest BCUT2D eigenvalue weighted by molar-refractivity contribution is 0.0416. The number of hydrogen-bond acceptors (Lipinski definition) is 4. The molecule has 6 heteroatoms. The van der Waals surface area contributed by atoms with Crippen LogP contribution in [0.1, 0.15) is 31.2 Å². The van der Waals surface area contributed by atoms with Crippen LogP contribution < -0.4 is 5.73 Å². The Morgan fingerprint density at radius 1 is 1.29 bits per heavy atom. The standard InChI is InChI=1S/C15H20BrNO3S/c16-13-7-11(15(10-17)5-1-2-6-15)3-4-14(13)21(18,19)12-8-20-9-12/h3-4,7,12H,1-2,5-6,8-10,17H2. The maximum atomic E-state index is 12.5. The number of rotatable bonds is 4. The minimum absolute atomic E-state index is 0.0182. The predicted octanol–water partition coefficient (Wildman–Crippen LogP) is 2.39. The van der Waals surface area contributed by atoms with Gasteiger partial charge < -0.3 is 10.5 Å². The van der Waals surface area contributed by atoms with Gasteiger partial charge in [-0.15, -0.1) is 0 Å². The van der Waals surface area contributed by atoms with E-state index in [1.54, 1.807) is 6.07 Å². The van der Waals surface area contributed by atoms with Crippen molar-refractivity contribution in [2.24, 2.45) is 5.73 Å². The van der Waals surface area contributed by atoms with Crippen molar-refractivity contribution in [1.29, 1.82) is 0 Å². The van der Waals surface area contributed by atoms with Crippen molar-refractivity contribution < 1.29 is 13.2 Å². The maximum Gasteiger partial charge on any atom is 0.186 e. The third-order valence-electron chi connectivity index (χ3n) is 4.85. The largest absolute Gasteiger partial charge is 0.379 e. The molecule has 0 aromatic heterocycles. The summed E-state index contributed by atoms with van der Waals surface area (Å²) < 4.78 is 30.6. The molecule has 116 valence electrons. The van der Waals surface area contributed by atoms with Gasteiger partial charge in [0.15, 0.2) is 9.84 Å². The predicted molar refractivity (Wildman–Crippen MR) is 85.1 cm³/mol. The van der Waals surface area contributed by atoms with Crippen LogP contribution in [-0.4, -0.2) is 33.4 Å². The minimum atomic E-state index is -3.30. The summed E-state index contributed by atoms with van der Waals surface area (Å²) in [5.41, 5.74) is 7.17. The second-order valence-corrected chi connectivity index (χ2v) is 9.09. The molecule has 1 aromatic carbocycles. The molecule has 2 N–H and O–H groups in total. The molecule has 0 bridgehead atoms. The maximum absolute atomic E-state index is 12.5. The molecule has 0 amide bonds. The van der Waals surface area contributed by atoms with Crippen LogP contribution >= 0.6 is 15.9 Å². The van der Waals surface area contributed by atoms with Gasteiger partial charge in [0.2, 0.25) is 0 Å². The molecule has 0 atom stereocenters. The first kappa shape index (κ1) is 15.5. The van der Waals surface area contributed by atoms with Crippen molar-refractivity contribution in [2.75, 3.05) is 19.8 Å². The Morgan fingerprint density at radius 3 is 2.43 bits per heavy atom. The molecule has 21 heavy (non-hydrogen) atoms. The van der Waals surface area contributed by atoms with Crippen LogP contribution in [0.15, 0.2) is 27.6 Å². The van der Waals surface area contributed by atoms with E-state index in [4.69, 9.17) is 10.5 Å². The third kappa shape index (κ3) is 2.56. The monoisotopic (exact) mass is 373 g/mol. The first-order chi connectivity index (χ1) is 9.99. The Morgan fingerprint density at radius 2 is 1.95 bits per heavy atom. The Bertz CT molecular complexity index is 634. The van der Waals surface area contributed by atoms with Crippen LogP contribution in [0.25, 0.3) is 0 Å². The Kier molecular flexibility index (Phi) is 4.16. The van der Waals surface area contributed by atoms with Crippen molar-refractivity contribution in [3.8, 4) is 0 Å². The number of ether oxygens (including phenoxy) is 1. The Hall–Kier alpha value is -0.430. The highest BCUT2D eigenvalue weighted by atomic mass is 79.9. The van der Waals surface area contributed by atoms with Gasteiger partial charge in [-0.1, -0.05) is 18.9 Å². The van der Waals surface area contributed by atoms with Crippen LogP contribution in [0.3, 0.4) is 0 Å². The van der Waals surface area contributed by atoms with E-state index in [-0.39, 0.29) is 5.41 Å². The summed E-state index contributed by atoms with van der Waals surface area (Å²) in [5.74, 6) is 0. The summed E-state index contributed by atoms with van der Waals surface area (Å²) in [4.78, 5) is 0.365. The van der Waals surface area contributed by atoms with Crippen LogP contribution in [0, 0.1) is 0 Å². The fourth-order valence-electron chi connectivity index (χ4n) is 3.30. The third-order valence-corrected chi connectivity index (χ3v) is 7.89. The van der Waals surface area contributed by atoms with Gasteiger partial charge in [0.25, 0.3) is 0 Å². The van der Waals surface area contributed by atoms with Crippen LogP contribution in [0.4, 0.5) is 0 Å². The second kappa shape index (κ2) is 5.65. The van der Waals surface area contributed by atoms with Crippen molar-refractivity contribution >= 4 is 25.8 Å². The minimum Gasteiger partial charge on any atom is -0.379 e. The van der Waals surface area contributed by atoms with Gasteiger partial charge in [-0.05, 0) is 46.5 Å². The van der Waals surface area contributed by atoms with E-state index in [0.717, 1.165) is 18.4 Å². The van der Waals surface area contributed by atoms with E-state index in [1.165, 1.54) is 12.8 Å². The molecule has 0 spiro atoms. The number of halogens is 1. The fraction of sp³-hybridized carbons (Fsp3) is 0.600. The average molecular weight is 374 g/mol. The van der Waals surface area contributed by atoms with Crippen molar-refractivity contribution in [1.82, 2.24) is 0 Å². The molecular formula is C15H20BrNO3S. The lowest BCUT2D eigenvalue weighted by Crippen LogP contribution is -2.40. The van der Waals surface area contributed by atoms with E-state index in [9.17, 15) is 8.42 Å². The average Bonchev–Trinajstić information content (AvgIpc) is 2.85. The quantitative estimate of drug-likeness (QED) is 0.879. The molecule has 1 saturated heterocycles. The van der Waals surface area contributed by atoms with E-state index in [2.05, 4.69) is 15.9 Å². The zero-order valence-corrected chi connectivity index (χ0v) is 14.2. The van der Waals surface area contributed by atoms with Crippen LogP contribution in [-0.2, 0) is 20.0 Å². The van der Waals surface area contributed by atoms with Crippen LogP contribution in [0.5, 0.6) is 0 Å². The molecular weight excluding hydrogens is 354 g/mol. The molecule has 0 radical (unpaired) electrons. The highest BCUT2D eigenvalue weighted by molar-refractivity contribution is 9.10. The number of benzene rings is 1. The number of sulfone groups is 1. The van der Waals surface area contributed by atoms with Crippen molar-refractivity contribution in [2.45, 2.75) is 41.2 Å². The molecule has 1 aromatic rings. The topological polar surface area (TPSA) is 69.4 Å². The summed E-state index contributed by atoms with van der Waals surface area (Å²) in [6.07, 6.45) is 4.54. The van der Waals surface area contributed by atoms with Gasteiger partial charge >= 0.3 is 0 Å². The van der Waals surface area contributed by atoms with E-state index in [0.29, 0.717) is 29.1 Å². The molecule has 4 nitrogen and oxygen atoms in total. The SMILES string of the molecule is NCC1(c2ccc(S(=O)(=O)C3COC3)c(Br)c2)CCCC1. The van der Waals surface area contributed by atoms with Gasteiger partial charge in [-0.25, -0.2) is 8.42 Å². The fourth-order valence-corrected chi connectivity index (χ4v) is 5.85. The molecule has 0 unspecified atom stereocenters. The first-order valence-corrected chi connectivity index (χ1v) is 9.65. The van der Waals surface area contributed by atoms with Gasteiger partial charge in [-0.2, -0.15) is 0 Å². The zero-order chi connectivity index (χ0) is 15.1.